The van der Waals surface area contributed by atoms with Gasteiger partial charge in [0.2, 0.25) is 0 Å². The van der Waals surface area contributed by atoms with Crippen molar-refractivity contribution in [1.82, 2.24) is 10.2 Å². The molecular formula is C14H28N2. The van der Waals surface area contributed by atoms with Crippen LogP contribution < -0.4 is 5.32 Å². The van der Waals surface area contributed by atoms with Gasteiger partial charge in [-0.2, -0.15) is 0 Å². The van der Waals surface area contributed by atoms with Crippen LogP contribution in [0.2, 0.25) is 0 Å². The van der Waals surface area contributed by atoms with Crippen LogP contribution in [0.1, 0.15) is 46.0 Å². The van der Waals surface area contributed by atoms with E-state index in [1.165, 1.54) is 58.3 Å². The first-order valence-corrected chi connectivity index (χ1v) is 7.25. The van der Waals surface area contributed by atoms with E-state index in [4.69, 9.17) is 0 Å². The Morgan fingerprint density at radius 1 is 1.19 bits per heavy atom. The van der Waals surface area contributed by atoms with Gasteiger partial charge in [-0.3, -0.25) is 0 Å². The van der Waals surface area contributed by atoms with Gasteiger partial charge in [0.1, 0.15) is 0 Å². The maximum Gasteiger partial charge on any atom is 0.00798 e. The normalized spacial score (nSPS) is 30.0. The third-order valence-corrected chi connectivity index (χ3v) is 4.42. The molecule has 0 aromatic heterocycles. The summed E-state index contributed by atoms with van der Waals surface area (Å²) in [6, 6.07) is 0.790. The summed E-state index contributed by atoms with van der Waals surface area (Å²) in [5.41, 5.74) is 0. The Morgan fingerprint density at radius 2 is 2.00 bits per heavy atom. The van der Waals surface area contributed by atoms with Gasteiger partial charge in [-0.15, -0.1) is 0 Å². The molecule has 94 valence electrons. The smallest absolute Gasteiger partial charge is 0.00798 e. The minimum atomic E-state index is 0.790. The topological polar surface area (TPSA) is 15.3 Å². The highest BCUT2D eigenvalue weighted by Crippen LogP contribution is 2.36. The first-order chi connectivity index (χ1) is 7.79. The minimum Gasteiger partial charge on any atom is -0.314 e. The highest BCUT2D eigenvalue weighted by Gasteiger charge is 2.28. The molecule has 0 bridgehead atoms. The van der Waals surface area contributed by atoms with E-state index in [0.717, 1.165) is 17.9 Å². The predicted molar refractivity (Wildman–Crippen MR) is 69.6 cm³/mol. The van der Waals surface area contributed by atoms with Crippen LogP contribution in [0.5, 0.6) is 0 Å². The summed E-state index contributed by atoms with van der Waals surface area (Å²) < 4.78 is 0. The molecule has 1 saturated heterocycles. The molecule has 2 unspecified atom stereocenters. The first kappa shape index (κ1) is 12.4. The zero-order valence-electron chi connectivity index (χ0n) is 11.0. The molecular weight excluding hydrogens is 196 g/mol. The quantitative estimate of drug-likeness (QED) is 0.772. The van der Waals surface area contributed by atoms with E-state index in [1.807, 2.05) is 0 Å². The molecule has 2 fully saturated rings. The van der Waals surface area contributed by atoms with Crippen molar-refractivity contribution < 1.29 is 0 Å². The van der Waals surface area contributed by atoms with Gasteiger partial charge >= 0.3 is 0 Å². The molecule has 0 amide bonds. The third-order valence-electron chi connectivity index (χ3n) is 4.42. The number of rotatable bonds is 5. The SMILES string of the molecule is CCN1CCCC(NCC(C)C2CC2)CC1. The van der Waals surface area contributed by atoms with E-state index < -0.39 is 0 Å². The lowest BCUT2D eigenvalue weighted by Crippen LogP contribution is -2.34. The zero-order valence-corrected chi connectivity index (χ0v) is 11.0. The predicted octanol–water partition coefficient (Wildman–Crippen LogP) is 2.50. The lowest BCUT2D eigenvalue weighted by Gasteiger charge is -2.20. The fourth-order valence-electron chi connectivity index (χ4n) is 2.86. The second-order valence-electron chi connectivity index (χ2n) is 5.79. The van der Waals surface area contributed by atoms with E-state index >= 15 is 0 Å². The average Bonchev–Trinajstić information content (AvgIpc) is 3.12. The molecule has 2 aliphatic rings. The van der Waals surface area contributed by atoms with Crippen LogP contribution in [-0.4, -0.2) is 37.1 Å². The zero-order chi connectivity index (χ0) is 11.4. The summed E-state index contributed by atoms with van der Waals surface area (Å²) in [6.45, 7) is 9.79. The van der Waals surface area contributed by atoms with Gasteiger partial charge in [-0.25, -0.2) is 0 Å². The molecule has 0 radical (unpaired) electrons. The summed E-state index contributed by atoms with van der Waals surface area (Å²) in [4.78, 5) is 2.59. The monoisotopic (exact) mass is 224 g/mol. The summed E-state index contributed by atoms with van der Waals surface area (Å²) in [5.74, 6) is 1.95. The molecule has 2 rings (SSSR count). The van der Waals surface area contributed by atoms with Crippen LogP contribution in [0.25, 0.3) is 0 Å². The summed E-state index contributed by atoms with van der Waals surface area (Å²) in [6.07, 6.45) is 7.08. The average molecular weight is 224 g/mol. The van der Waals surface area contributed by atoms with Gasteiger partial charge < -0.3 is 10.2 Å². The lowest BCUT2D eigenvalue weighted by atomic mass is 10.0. The molecule has 1 aliphatic carbocycles. The number of hydrogen-bond donors (Lipinski definition) is 1. The summed E-state index contributed by atoms with van der Waals surface area (Å²) >= 11 is 0. The lowest BCUT2D eigenvalue weighted by molar-refractivity contribution is 0.296. The Bertz CT molecular complexity index is 201. The Hall–Kier alpha value is -0.0800. The van der Waals surface area contributed by atoms with Crippen molar-refractivity contribution in [1.29, 1.82) is 0 Å². The van der Waals surface area contributed by atoms with E-state index in [1.54, 1.807) is 0 Å². The van der Waals surface area contributed by atoms with Crippen molar-refractivity contribution in [2.45, 2.75) is 52.0 Å². The molecule has 0 spiro atoms. The fraction of sp³-hybridized carbons (Fsp3) is 1.00. The number of likely N-dealkylation sites (tertiary alicyclic amines) is 1. The van der Waals surface area contributed by atoms with Gasteiger partial charge in [-0.05, 0) is 70.1 Å². The van der Waals surface area contributed by atoms with Crippen molar-refractivity contribution in [3.63, 3.8) is 0 Å². The minimum absolute atomic E-state index is 0.790. The van der Waals surface area contributed by atoms with Gasteiger partial charge in [0.05, 0.1) is 0 Å². The molecule has 1 N–H and O–H groups in total. The maximum absolute atomic E-state index is 3.80. The van der Waals surface area contributed by atoms with Crippen molar-refractivity contribution in [3.05, 3.63) is 0 Å². The molecule has 0 aromatic carbocycles. The Balaban J connectivity index is 1.64. The van der Waals surface area contributed by atoms with E-state index in [-0.39, 0.29) is 0 Å². The first-order valence-electron chi connectivity index (χ1n) is 7.25. The highest BCUT2D eigenvalue weighted by atomic mass is 15.1. The molecule has 1 heterocycles. The van der Waals surface area contributed by atoms with Crippen LogP contribution in [0.4, 0.5) is 0 Å². The third kappa shape index (κ3) is 3.74. The van der Waals surface area contributed by atoms with E-state index in [2.05, 4.69) is 24.1 Å². The molecule has 16 heavy (non-hydrogen) atoms. The van der Waals surface area contributed by atoms with Crippen molar-refractivity contribution in [2.24, 2.45) is 11.8 Å². The van der Waals surface area contributed by atoms with Crippen LogP contribution in [0.15, 0.2) is 0 Å². The standard InChI is InChI=1S/C14H28N2/c1-3-16-9-4-5-14(8-10-16)15-11-12(2)13-6-7-13/h12-15H,3-11H2,1-2H3. The summed E-state index contributed by atoms with van der Waals surface area (Å²) in [5, 5.41) is 3.80. The van der Waals surface area contributed by atoms with Crippen LogP contribution in [-0.2, 0) is 0 Å². The van der Waals surface area contributed by atoms with Gasteiger partial charge in [0, 0.05) is 6.04 Å². The van der Waals surface area contributed by atoms with Crippen LogP contribution >= 0.6 is 0 Å². The Labute approximate surface area is 101 Å². The van der Waals surface area contributed by atoms with Crippen molar-refractivity contribution in [2.75, 3.05) is 26.2 Å². The van der Waals surface area contributed by atoms with E-state index in [0.29, 0.717) is 0 Å². The molecule has 2 heteroatoms. The fourth-order valence-corrected chi connectivity index (χ4v) is 2.86. The second-order valence-corrected chi connectivity index (χ2v) is 5.79. The highest BCUT2D eigenvalue weighted by molar-refractivity contribution is 4.82. The van der Waals surface area contributed by atoms with Crippen molar-refractivity contribution in [3.8, 4) is 0 Å². The van der Waals surface area contributed by atoms with Gasteiger partial charge in [0.15, 0.2) is 0 Å². The molecule has 2 atom stereocenters. The second kappa shape index (κ2) is 6.02. The molecule has 1 saturated carbocycles. The molecule has 2 nitrogen and oxygen atoms in total. The molecule has 0 aromatic rings. The summed E-state index contributed by atoms with van der Waals surface area (Å²) in [7, 11) is 0. The Kier molecular flexibility index (Phi) is 4.66. The van der Waals surface area contributed by atoms with E-state index in [9.17, 15) is 0 Å². The Morgan fingerprint density at radius 3 is 2.69 bits per heavy atom. The number of hydrogen-bond acceptors (Lipinski definition) is 2. The number of nitrogens with zero attached hydrogens (tertiary/aromatic N) is 1. The van der Waals surface area contributed by atoms with Crippen LogP contribution in [0, 0.1) is 11.8 Å². The van der Waals surface area contributed by atoms with Gasteiger partial charge in [0.25, 0.3) is 0 Å². The van der Waals surface area contributed by atoms with Crippen molar-refractivity contribution >= 4 is 0 Å². The van der Waals surface area contributed by atoms with Gasteiger partial charge in [-0.1, -0.05) is 13.8 Å². The maximum atomic E-state index is 3.80. The largest absolute Gasteiger partial charge is 0.314 e. The number of nitrogens with one attached hydrogen (secondary N) is 1. The molecule has 1 aliphatic heterocycles. The van der Waals surface area contributed by atoms with Crippen LogP contribution in [0.3, 0.4) is 0 Å².